The molecule has 0 aliphatic heterocycles. The predicted octanol–water partition coefficient (Wildman–Crippen LogP) is -5.19. The molecule has 0 heterocycles. The Bertz CT molecular complexity index is 96.9. The van der Waals surface area contributed by atoms with Crippen LogP contribution < -0.4 is 0 Å². The van der Waals surface area contributed by atoms with Crippen LogP contribution in [0.3, 0.4) is 0 Å². The summed E-state index contributed by atoms with van der Waals surface area (Å²) in [7, 11) is 10.2. The second kappa shape index (κ2) is 5.45. The van der Waals surface area contributed by atoms with Crippen LogP contribution in [0.25, 0.3) is 0 Å². The minimum absolute atomic E-state index is 0.625. The van der Waals surface area contributed by atoms with E-state index in [1.807, 2.05) is 6.05 Å². The van der Waals surface area contributed by atoms with Crippen molar-refractivity contribution in [2.24, 2.45) is 0 Å². The maximum atomic E-state index is 4.97. The van der Waals surface area contributed by atoms with Crippen molar-refractivity contribution in [2.75, 3.05) is 0 Å². The van der Waals surface area contributed by atoms with E-state index in [9.17, 15) is 0 Å². The first kappa shape index (κ1) is 10.8. The third-order valence-electron chi connectivity index (χ3n) is 2.23. The van der Waals surface area contributed by atoms with E-state index in [2.05, 4.69) is 30.9 Å². The molecule has 0 saturated carbocycles. The minimum atomic E-state index is 0.625. The summed E-state index contributed by atoms with van der Waals surface area (Å²) in [5.74, 6) is 0. The van der Waals surface area contributed by atoms with Crippen LogP contribution >= 0.6 is 12.1 Å². The molecule has 10 heteroatoms. The average molecular weight is 138 g/mol. The molecular weight excluding hydrogens is 129 g/mol. The molecule has 0 atom stereocenters. The van der Waals surface area contributed by atoms with Crippen LogP contribution in [0.15, 0.2) is 0 Å². The van der Waals surface area contributed by atoms with Crippen LogP contribution in [0.4, 0.5) is 0 Å². The quantitative estimate of drug-likeness (QED) is 0.350. The molecule has 0 aromatic heterocycles. The second-order valence-corrected chi connectivity index (χ2v) is 3.62. The molecule has 0 nitrogen and oxygen atoms in total. The normalized spacial score (nSPS) is 7.60. The Morgan fingerprint density at radius 1 is 1.30 bits per heavy atom. The first-order valence-corrected chi connectivity index (χ1v) is 4.55. The van der Waals surface area contributed by atoms with E-state index in [0.29, 0.717) is 12.8 Å². The second-order valence-electron chi connectivity index (χ2n) is 3.34. The molecule has 0 aromatic rings. The zero-order chi connectivity index (χ0) is 8.15. The van der Waals surface area contributed by atoms with E-state index in [1.54, 1.807) is 0 Å². The molecule has 0 rings (SSSR count). The van der Waals surface area contributed by atoms with Gasteiger partial charge in [-0.1, -0.05) is 0 Å². The summed E-state index contributed by atoms with van der Waals surface area (Å²) in [5, 5.41) is 0. The molecule has 0 aromatic carbocycles. The molecule has 0 saturated heterocycles. The average Bonchev–Trinajstić information content (AvgIpc) is 1.88. The summed E-state index contributed by atoms with van der Waals surface area (Å²) in [5.41, 5.74) is 0. The summed E-state index contributed by atoms with van der Waals surface area (Å²) in [6.45, 7) is 0. The van der Waals surface area contributed by atoms with Crippen LogP contribution in [0.1, 0.15) is 0 Å². The number of hydrogen-bond donors (Lipinski definition) is 0. The van der Waals surface area contributed by atoms with Crippen molar-refractivity contribution >= 4 is 75.3 Å². The molecule has 0 aliphatic carbocycles. The summed E-state index contributed by atoms with van der Waals surface area (Å²) >= 11 is 4.97. The van der Waals surface area contributed by atoms with Crippen molar-refractivity contribution in [1.29, 1.82) is 0 Å². The zero-order valence-electron chi connectivity index (χ0n) is 7.42. The van der Waals surface area contributed by atoms with Gasteiger partial charge in [-0.15, -0.1) is 0 Å². The van der Waals surface area contributed by atoms with E-state index in [1.165, 1.54) is 7.06 Å². The van der Waals surface area contributed by atoms with E-state index < -0.39 is 0 Å². The van der Waals surface area contributed by atoms with E-state index in [4.69, 9.17) is 12.1 Å². The fraction of sp³-hybridized carbons (Fsp3) is 0. The van der Waals surface area contributed by atoms with E-state index >= 15 is 0 Å². The zero-order valence-corrected chi connectivity index (χ0v) is 8.24. The van der Waals surface area contributed by atoms with Crippen LogP contribution in [0, 0.1) is 0 Å². The SMILES string of the molecule is BBB(B)B(B=S)B(B)B. The van der Waals surface area contributed by atoms with Crippen LogP contribution in [-0.2, 0) is 0 Å². The topological polar surface area (TPSA) is 0 Å². The molecule has 0 radical (unpaired) electrons. The number of rotatable bonds is 4. The van der Waals surface area contributed by atoms with Gasteiger partial charge >= 0.3 is 75.3 Å². The Balaban J connectivity index is 3.92. The standard InChI is InChI=1S/B9H9S/c1-5-8(4)9(6-10)7(2)3/h5H,1-4H2. The van der Waals surface area contributed by atoms with Crippen molar-refractivity contribution in [1.82, 2.24) is 0 Å². The Morgan fingerprint density at radius 2 is 1.80 bits per heavy atom. The van der Waals surface area contributed by atoms with Gasteiger partial charge in [-0.05, 0) is 0 Å². The molecular formula is H9B9S. The van der Waals surface area contributed by atoms with Gasteiger partial charge in [-0.2, -0.15) is 0 Å². The van der Waals surface area contributed by atoms with Gasteiger partial charge in [0.15, 0.2) is 0 Å². The molecule has 42 valence electrons. The fourth-order valence-electron chi connectivity index (χ4n) is 1.22. The van der Waals surface area contributed by atoms with Gasteiger partial charge < -0.3 is 0 Å². The first-order chi connectivity index (χ1) is 4.63. The summed E-state index contributed by atoms with van der Waals surface area (Å²) < 4.78 is 0. The Morgan fingerprint density at radius 3 is 1.90 bits per heavy atom. The van der Waals surface area contributed by atoms with Gasteiger partial charge in [0, 0.05) is 0 Å². The molecule has 0 spiro atoms. The molecule has 0 N–H and O–H groups in total. The predicted molar refractivity (Wildman–Crippen MR) is 71.9 cm³/mol. The maximum absolute atomic E-state index is 4.97. The van der Waals surface area contributed by atoms with Crippen molar-refractivity contribution < 1.29 is 0 Å². The molecule has 0 aliphatic rings. The summed E-state index contributed by atoms with van der Waals surface area (Å²) in [6.07, 6.45) is 2.07. The monoisotopic (exact) mass is 140 g/mol. The third-order valence-corrected chi connectivity index (χ3v) is 2.54. The summed E-state index contributed by atoms with van der Waals surface area (Å²) in [6, 6.07) is 1.93. The molecule has 0 unspecified atom stereocenters. The fourth-order valence-corrected chi connectivity index (χ4v) is 1.80. The van der Waals surface area contributed by atoms with Crippen LogP contribution in [-0.4, -0.2) is 63.2 Å². The first-order valence-electron chi connectivity index (χ1n) is 4.08. The Kier molecular flexibility index (Phi) is 5.89. The van der Waals surface area contributed by atoms with Crippen molar-refractivity contribution in [3.05, 3.63) is 0 Å². The summed E-state index contributed by atoms with van der Waals surface area (Å²) in [4.78, 5) is 0. The van der Waals surface area contributed by atoms with Crippen LogP contribution in [0.2, 0.25) is 0 Å². The number of hydrogen-bond acceptors (Lipinski definition) is 1. The van der Waals surface area contributed by atoms with Gasteiger partial charge in [0.25, 0.3) is 0 Å². The van der Waals surface area contributed by atoms with Crippen LogP contribution in [0.5, 0.6) is 0 Å². The Hall–Kier alpha value is 0.804. The van der Waals surface area contributed by atoms with E-state index in [-0.39, 0.29) is 0 Å². The van der Waals surface area contributed by atoms with Gasteiger partial charge in [-0.25, -0.2) is 0 Å². The molecule has 0 fully saturated rings. The van der Waals surface area contributed by atoms with Crippen molar-refractivity contribution in [3.63, 3.8) is 0 Å². The van der Waals surface area contributed by atoms with Crippen molar-refractivity contribution in [3.8, 4) is 0 Å². The van der Waals surface area contributed by atoms with Gasteiger partial charge in [0.1, 0.15) is 0 Å². The van der Waals surface area contributed by atoms with E-state index in [0.717, 1.165) is 6.39 Å². The van der Waals surface area contributed by atoms with Crippen molar-refractivity contribution in [2.45, 2.75) is 0 Å². The third kappa shape index (κ3) is 3.27. The molecule has 10 heavy (non-hydrogen) atoms. The molecule has 0 amide bonds. The van der Waals surface area contributed by atoms with Gasteiger partial charge in [0.2, 0.25) is 0 Å². The Labute approximate surface area is 75.5 Å². The van der Waals surface area contributed by atoms with Gasteiger partial charge in [-0.3, -0.25) is 0 Å². The van der Waals surface area contributed by atoms with Gasteiger partial charge in [0.05, 0.1) is 0 Å². The molecule has 0 bridgehead atoms.